The van der Waals surface area contributed by atoms with Crippen LogP contribution in [0, 0.1) is 0 Å². The maximum atomic E-state index is 11.5. The number of halogens is 1. The molecule has 0 fully saturated rings. The van der Waals surface area contributed by atoms with E-state index in [0.717, 1.165) is 0 Å². The van der Waals surface area contributed by atoms with Gasteiger partial charge in [0.25, 0.3) is 14.2 Å². The van der Waals surface area contributed by atoms with Crippen molar-refractivity contribution in [1.29, 1.82) is 0 Å². The second-order valence-electron chi connectivity index (χ2n) is 4.68. The molecule has 0 saturated heterocycles. The van der Waals surface area contributed by atoms with E-state index in [9.17, 15) is 8.42 Å². The average molecular weight is 330 g/mol. The summed E-state index contributed by atoms with van der Waals surface area (Å²) < 4.78 is 30.1. The van der Waals surface area contributed by atoms with E-state index in [0.29, 0.717) is 23.7 Å². The van der Waals surface area contributed by atoms with Crippen LogP contribution >= 0.6 is 10.7 Å². The fourth-order valence-electron chi connectivity index (χ4n) is 1.95. The highest BCUT2D eigenvalue weighted by molar-refractivity contribution is 8.13. The Morgan fingerprint density at radius 1 is 1.33 bits per heavy atom. The van der Waals surface area contributed by atoms with Crippen molar-refractivity contribution in [2.75, 3.05) is 0 Å². The van der Waals surface area contributed by atoms with E-state index in [-0.39, 0.29) is 11.3 Å². The Kier molecular flexibility index (Phi) is 4.53. The first-order valence-corrected chi connectivity index (χ1v) is 8.78. The predicted octanol–water partition coefficient (Wildman–Crippen LogP) is 2.68. The molecule has 0 aliphatic rings. The molecule has 0 atom stereocenters. The van der Waals surface area contributed by atoms with Crippen LogP contribution in [-0.4, -0.2) is 29.3 Å². The van der Waals surface area contributed by atoms with Crippen LogP contribution < -0.4 is 4.74 Å². The Labute approximate surface area is 128 Å². The molecule has 2 aromatic rings. The molecule has 0 spiro atoms. The summed E-state index contributed by atoms with van der Waals surface area (Å²) >= 11 is 0. The third-order valence-electron chi connectivity index (χ3n) is 2.72. The zero-order chi connectivity index (χ0) is 15.6. The highest BCUT2D eigenvalue weighted by atomic mass is 35.7. The van der Waals surface area contributed by atoms with Gasteiger partial charge in [0.2, 0.25) is 0 Å². The molecule has 2 rings (SSSR count). The van der Waals surface area contributed by atoms with Crippen LogP contribution in [-0.2, 0) is 15.6 Å². The van der Waals surface area contributed by atoms with Gasteiger partial charge in [-0.2, -0.15) is 0 Å². The molecule has 0 radical (unpaired) electrons. The van der Waals surface area contributed by atoms with Crippen molar-refractivity contribution in [2.24, 2.45) is 0 Å². The topological polar surface area (TPSA) is 74.1 Å². The number of aromatic nitrogens is 3. The Morgan fingerprint density at radius 2 is 2.05 bits per heavy atom. The Balaban J connectivity index is 2.50. The van der Waals surface area contributed by atoms with Crippen LogP contribution in [0.3, 0.4) is 0 Å². The van der Waals surface area contributed by atoms with Crippen molar-refractivity contribution in [2.45, 2.75) is 38.6 Å². The van der Waals surface area contributed by atoms with Crippen molar-refractivity contribution in [1.82, 2.24) is 14.8 Å². The van der Waals surface area contributed by atoms with E-state index in [1.54, 1.807) is 13.0 Å². The molecule has 0 aliphatic carbocycles. The molecule has 0 N–H and O–H groups in total. The van der Waals surface area contributed by atoms with E-state index in [2.05, 4.69) is 10.2 Å². The summed E-state index contributed by atoms with van der Waals surface area (Å²) in [7, 11) is 1.44. The molecule has 1 aromatic heterocycles. The number of rotatable bonds is 5. The molecule has 114 valence electrons. The van der Waals surface area contributed by atoms with Gasteiger partial charge in [0.1, 0.15) is 5.75 Å². The Hall–Kier alpha value is -1.60. The van der Waals surface area contributed by atoms with Gasteiger partial charge in [-0.25, -0.2) is 8.42 Å². The van der Waals surface area contributed by atoms with Crippen LogP contribution in [0.25, 0.3) is 11.4 Å². The molecule has 21 heavy (non-hydrogen) atoms. The second-order valence-corrected chi connectivity index (χ2v) is 7.14. The van der Waals surface area contributed by atoms with Crippen LogP contribution in [0.4, 0.5) is 0 Å². The summed E-state index contributed by atoms with van der Waals surface area (Å²) in [5, 5.41) is 7.36. The molecular formula is C13H16ClN3O3S. The zero-order valence-corrected chi connectivity index (χ0v) is 13.5. The second kappa shape index (κ2) is 6.03. The maximum absolute atomic E-state index is 11.5. The third kappa shape index (κ3) is 3.54. The number of ether oxygens (including phenoxy) is 1. The molecule has 0 aliphatic heterocycles. The minimum atomic E-state index is -3.93. The van der Waals surface area contributed by atoms with Crippen molar-refractivity contribution in [3.63, 3.8) is 0 Å². The van der Waals surface area contributed by atoms with Crippen LogP contribution in [0.15, 0.2) is 29.4 Å². The van der Waals surface area contributed by atoms with E-state index < -0.39 is 9.05 Å². The molecule has 8 heteroatoms. The minimum Gasteiger partial charge on any atom is -0.491 e. The van der Waals surface area contributed by atoms with Crippen molar-refractivity contribution >= 4 is 19.7 Å². The van der Waals surface area contributed by atoms with Gasteiger partial charge in [-0.3, -0.25) is 4.57 Å². The normalized spacial score (nSPS) is 11.9. The van der Waals surface area contributed by atoms with E-state index >= 15 is 0 Å². The SMILES string of the molecule is CCn1c(-c2cccc(OC(C)C)c2)nnc1S(=O)(=O)Cl. The summed E-state index contributed by atoms with van der Waals surface area (Å²) in [5.74, 6) is 1.12. The van der Waals surface area contributed by atoms with E-state index in [4.69, 9.17) is 15.4 Å². The molecule has 6 nitrogen and oxygen atoms in total. The minimum absolute atomic E-state index is 0.0445. The quantitative estimate of drug-likeness (QED) is 0.788. The lowest BCUT2D eigenvalue weighted by Crippen LogP contribution is -2.07. The summed E-state index contributed by atoms with van der Waals surface area (Å²) in [6.07, 6.45) is 0.0445. The van der Waals surface area contributed by atoms with Crippen LogP contribution in [0.1, 0.15) is 20.8 Å². The summed E-state index contributed by atoms with van der Waals surface area (Å²) in [6, 6.07) is 7.25. The molecule has 0 bridgehead atoms. The number of benzene rings is 1. The molecule has 0 unspecified atom stereocenters. The first kappa shape index (κ1) is 15.8. The van der Waals surface area contributed by atoms with E-state index in [1.807, 2.05) is 32.0 Å². The molecule has 0 saturated carbocycles. The van der Waals surface area contributed by atoms with Gasteiger partial charge in [0, 0.05) is 22.8 Å². The van der Waals surface area contributed by atoms with Gasteiger partial charge in [0.15, 0.2) is 5.82 Å². The Morgan fingerprint density at radius 3 is 2.62 bits per heavy atom. The summed E-state index contributed by atoms with van der Waals surface area (Å²) in [4.78, 5) is 0. The van der Waals surface area contributed by atoms with Gasteiger partial charge in [-0.15, -0.1) is 10.2 Å². The highest BCUT2D eigenvalue weighted by Gasteiger charge is 2.22. The zero-order valence-electron chi connectivity index (χ0n) is 11.9. The molecule has 0 amide bonds. The fourth-order valence-corrected chi connectivity index (χ4v) is 2.91. The first-order chi connectivity index (χ1) is 9.82. The first-order valence-electron chi connectivity index (χ1n) is 6.48. The van der Waals surface area contributed by atoms with Crippen molar-refractivity contribution in [3.8, 4) is 17.1 Å². The van der Waals surface area contributed by atoms with E-state index in [1.165, 1.54) is 4.57 Å². The lowest BCUT2D eigenvalue weighted by molar-refractivity contribution is 0.242. The largest absolute Gasteiger partial charge is 0.491 e. The number of hydrogen-bond acceptors (Lipinski definition) is 5. The smallest absolute Gasteiger partial charge is 0.296 e. The average Bonchev–Trinajstić information content (AvgIpc) is 2.81. The highest BCUT2D eigenvalue weighted by Crippen LogP contribution is 2.25. The third-order valence-corrected chi connectivity index (χ3v) is 3.87. The standard InChI is InChI=1S/C13H16ClN3O3S/c1-4-17-12(15-16-13(17)21(14,18)19)10-6-5-7-11(8-10)20-9(2)3/h5-9H,4H2,1-3H3. The molecular weight excluding hydrogens is 314 g/mol. The van der Waals surface area contributed by atoms with Gasteiger partial charge in [-0.1, -0.05) is 12.1 Å². The van der Waals surface area contributed by atoms with Gasteiger partial charge >= 0.3 is 0 Å². The molecule has 1 aromatic carbocycles. The monoisotopic (exact) mass is 329 g/mol. The van der Waals surface area contributed by atoms with Gasteiger partial charge in [-0.05, 0) is 32.9 Å². The summed E-state index contributed by atoms with van der Waals surface area (Å²) in [6.45, 7) is 6.05. The van der Waals surface area contributed by atoms with Gasteiger partial charge in [0.05, 0.1) is 6.10 Å². The van der Waals surface area contributed by atoms with Gasteiger partial charge < -0.3 is 4.74 Å². The maximum Gasteiger partial charge on any atom is 0.296 e. The lowest BCUT2D eigenvalue weighted by Gasteiger charge is -2.11. The summed E-state index contributed by atoms with van der Waals surface area (Å²) in [5.41, 5.74) is 0.717. The fraction of sp³-hybridized carbons (Fsp3) is 0.385. The Bertz CT molecular complexity index is 741. The van der Waals surface area contributed by atoms with Crippen molar-refractivity contribution in [3.05, 3.63) is 24.3 Å². The molecule has 1 heterocycles. The predicted molar refractivity (Wildman–Crippen MR) is 79.9 cm³/mol. The van der Waals surface area contributed by atoms with Crippen molar-refractivity contribution < 1.29 is 13.2 Å². The van der Waals surface area contributed by atoms with Crippen LogP contribution in [0.5, 0.6) is 5.75 Å². The van der Waals surface area contributed by atoms with Crippen LogP contribution in [0.2, 0.25) is 0 Å². The lowest BCUT2D eigenvalue weighted by atomic mass is 10.2. The number of nitrogens with zero attached hydrogens (tertiary/aromatic N) is 3. The number of hydrogen-bond donors (Lipinski definition) is 0.